The molecule has 1 N–H and O–H groups in total. The summed E-state index contributed by atoms with van der Waals surface area (Å²) < 4.78 is 6.31. The van der Waals surface area contributed by atoms with Gasteiger partial charge in [-0.15, -0.1) is 0 Å². The average Bonchev–Trinajstić information content (AvgIpc) is 2.14. The largest absolute Gasteiger partial charge is 0.488 e. The van der Waals surface area contributed by atoms with E-state index >= 15 is 0 Å². The molecule has 0 saturated carbocycles. The van der Waals surface area contributed by atoms with Gasteiger partial charge in [-0.05, 0) is 19.1 Å². The third-order valence-electron chi connectivity index (χ3n) is 1.81. The quantitative estimate of drug-likeness (QED) is 0.918. The second-order valence-electron chi connectivity index (χ2n) is 3.16. The topological polar surface area (TPSA) is 29.5 Å². The van der Waals surface area contributed by atoms with E-state index in [4.69, 9.17) is 16.3 Å². The Kier molecular flexibility index (Phi) is 4.64. The Balaban J connectivity index is 2.91. The number of aliphatic hydroxyl groups excluding tert-OH is 1. The molecule has 1 rings (SSSR count). The minimum Gasteiger partial charge on any atom is -0.488 e. The van der Waals surface area contributed by atoms with Gasteiger partial charge >= 0.3 is 0 Å². The minimum absolute atomic E-state index is 0.234. The van der Waals surface area contributed by atoms with Crippen molar-refractivity contribution in [3.8, 4) is 5.75 Å². The standard InChI is InChI=1S/C11H12BrClO2/c1-7(13)6-15-11-5-9(12)3-4-10(11)8(2)14/h3-5,8,14H,1,6H2,2H3/t8-/m1/s1. The highest BCUT2D eigenvalue weighted by atomic mass is 79.9. The van der Waals surface area contributed by atoms with Crippen molar-refractivity contribution >= 4 is 27.5 Å². The lowest BCUT2D eigenvalue weighted by Crippen LogP contribution is -2.02. The van der Waals surface area contributed by atoms with E-state index < -0.39 is 6.10 Å². The van der Waals surface area contributed by atoms with Gasteiger partial charge in [-0.2, -0.15) is 0 Å². The Morgan fingerprint density at radius 3 is 2.87 bits per heavy atom. The maximum Gasteiger partial charge on any atom is 0.126 e. The number of ether oxygens (including phenoxy) is 1. The Morgan fingerprint density at radius 2 is 2.33 bits per heavy atom. The van der Waals surface area contributed by atoms with E-state index in [1.165, 1.54) is 0 Å². The summed E-state index contributed by atoms with van der Waals surface area (Å²) in [7, 11) is 0. The van der Waals surface area contributed by atoms with Crippen LogP contribution in [0.2, 0.25) is 0 Å². The van der Waals surface area contributed by atoms with Crippen molar-refractivity contribution in [1.29, 1.82) is 0 Å². The van der Waals surface area contributed by atoms with Gasteiger partial charge in [-0.25, -0.2) is 0 Å². The molecule has 4 heteroatoms. The van der Waals surface area contributed by atoms with Gasteiger partial charge in [-0.3, -0.25) is 0 Å². The van der Waals surface area contributed by atoms with E-state index in [1.54, 1.807) is 19.1 Å². The van der Waals surface area contributed by atoms with Gasteiger partial charge in [0, 0.05) is 15.1 Å². The van der Waals surface area contributed by atoms with Crippen LogP contribution in [0.15, 0.2) is 34.3 Å². The van der Waals surface area contributed by atoms with Gasteiger partial charge in [0.05, 0.1) is 6.10 Å². The molecule has 0 fully saturated rings. The summed E-state index contributed by atoms with van der Waals surface area (Å²) in [4.78, 5) is 0. The first-order valence-electron chi connectivity index (χ1n) is 4.44. The molecule has 2 nitrogen and oxygen atoms in total. The van der Waals surface area contributed by atoms with E-state index in [-0.39, 0.29) is 6.61 Å². The Morgan fingerprint density at radius 1 is 1.67 bits per heavy atom. The van der Waals surface area contributed by atoms with Crippen LogP contribution < -0.4 is 4.74 Å². The monoisotopic (exact) mass is 290 g/mol. The van der Waals surface area contributed by atoms with Crippen molar-refractivity contribution in [3.05, 3.63) is 39.8 Å². The first kappa shape index (κ1) is 12.6. The zero-order chi connectivity index (χ0) is 11.4. The SMILES string of the molecule is C=C(Cl)COc1cc(Br)ccc1[C@@H](C)O. The van der Waals surface area contributed by atoms with Gasteiger partial charge in [0.25, 0.3) is 0 Å². The summed E-state index contributed by atoms with van der Waals surface area (Å²) in [6, 6.07) is 5.45. The van der Waals surface area contributed by atoms with E-state index in [1.807, 2.05) is 6.07 Å². The van der Waals surface area contributed by atoms with Crippen molar-refractivity contribution in [2.75, 3.05) is 6.61 Å². The van der Waals surface area contributed by atoms with Crippen LogP contribution in [0.5, 0.6) is 5.75 Å². The second-order valence-corrected chi connectivity index (χ2v) is 4.61. The molecule has 82 valence electrons. The predicted octanol–water partition coefficient (Wildman–Crippen LogP) is 3.63. The van der Waals surface area contributed by atoms with Crippen molar-refractivity contribution < 1.29 is 9.84 Å². The third-order valence-corrected chi connectivity index (χ3v) is 2.41. The number of hydrogen-bond donors (Lipinski definition) is 1. The molecule has 0 unspecified atom stereocenters. The van der Waals surface area contributed by atoms with E-state index in [2.05, 4.69) is 22.5 Å². The molecule has 0 radical (unpaired) electrons. The molecule has 15 heavy (non-hydrogen) atoms. The molecular weight excluding hydrogens is 279 g/mol. The van der Waals surface area contributed by atoms with Gasteiger partial charge in [0.2, 0.25) is 0 Å². The minimum atomic E-state index is -0.573. The first-order chi connectivity index (χ1) is 7.00. The van der Waals surface area contributed by atoms with Crippen molar-refractivity contribution in [2.24, 2.45) is 0 Å². The van der Waals surface area contributed by atoms with Crippen LogP contribution in [0.4, 0.5) is 0 Å². The molecule has 0 aromatic heterocycles. The predicted molar refractivity (Wildman–Crippen MR) is 65.3 cm³/mol. The lowest BCUT2D eigenvalue weighted by atomic mass is 10.1. The molecule has 1 atom stereocenters. The maximum absolute atomic E-state index is 9.51. The normalized spacial score (nSPS) is 12.3. The lowest BCUT2D eigenvalue weighted by Gasteiger charge is -2.13. The van der Waals surface area contributed by atoms with Crippen molar-refractivity contribution in [1.82, 2.24) is 0 Å². The Labute approximate surface area is 103 Å². The number of aliphatic hydroxyl groups is 1. The van der Waals surface area contributed by atoms with Gasteiger partial charge in [-0.1, -0.05) is 40.2 Å². The number of hydrogen-bond acceptors (Lipinski definition) is 2. The molecule has 0 aliphatic rings. The second kappa shape index (κ2) is 5.54. The van der Waals surface area contributed by atoms with E-state index in [0.29, 0.717) is 10.8 Å². The molecule has 0 heterocycles. The molecule has 1 aromatic carbocycles. The summed E-state index contributed by atoms with van der Waals surface area (Å²) in [6.07, 6.45) is -0.573. The molecule has 0 saturated heterocycles. The summed E-state index contributed by atoms with van der Waals surface area (Å²) in [5.41, 5.74) is 0.733. The number of halogens is 2. The summed E-state index contributed by atoms with van der Waals surface area (Å²) in [6.45, 7) is 5.45. The Bertz CT molecular complexity index is 364. The van der Waals surface area contributed by atoms with Gasteiger partial charge < -0.3 is 9.84 Å². The van der Waals surface area contributed by atoms with Crippen molar-refractivity contribution in [3.63, 3.8) is 0 Å². The zero-order valence-electron chi connectivity index (χ0n) is 8.34. The van der Waals surface area contributed by atoms with Gasteiger partial charge in [0.15, 0.2) is 0 Å². The number of rotatable bonds is 4. The highest BCUT2D eigenvalue weighted by Gasteiger charge is 2.09. The summed E-state index contributed by atoms with van der Waals surface area (Å²) >= 11 is 8.94. The lowest BCUT2D eigenvalue weighted by molar-refractivity contribution is 0.193. The molecule has 0 spiro atoms. The highest BCUT2D eigenvalue weighted by Crippen LogP contribution is 2.28. The maximum atomic E-state index is 9.51. The van der Waals surface area contributed by atoms with Gasteiger partial charge in [0.1, 0.15) is 12.4 Å². The zero-order valence-corrected chi connectivity index (χ0v) is 10.7. The van der Waals surface area contributed by atoms with Crippen LogP contribution in [0.25, 0.3) is 0 Å². The van der Waals surface area contributed by atoms with Crippen LogP contribution in [0.3, 0.4) is 0 Å². The summed E-state index contributed by atoms with van der Waals surface area (Å²) in [5, 5.41) is 9.93. The fourth-order valence-corrected chi connectivity index (χ4v) is 1.53. The molecule has 0 amide bonds. The fourth-order valence-electron chi connectivity index (χ4n) is 1.13. The molecule has 1 aromatic rings. The van der Waals surface area contributed by atoms with Crippen LogP contribution in [-0.2, 0) is 0 Å². The van der Waals surface area contributed by atoms with Crippen molar-refractivity contribution in [2.45, 2.75) is 13.0 Å². The fraction of sp³-hybridized carbons (Fsp3) is 0.273. The smallest absolute Gasteiger partial charge is 0.126 e. The Hall–Kier alpha value is -0.510. The van der Waals surface area contributed by atoms with Crippen LogP contribution >= 0.6 is 27.5 Å². The van der Waals surface area contributed by atoms with Crippen LogP contribution in [-0.4, -0.2) is 11.7 Å². The molecule has 0 aliphatic carbocycles. The molecule has 0 bridgehead atoms. The highest BCUT2D eigenvalue weighted by molar-refractivity contribution is 9.10. The van der Waals surface area contributed by atoms with Crippen LogP contribution in [0.1, 0.15) is 18.6 Å². The summed E-state index contributed by atoms with van der Waals surface area (Å²) in [5.74, 6) is 0.612. The van der Waals surface area contributed by atoms with E-state index in [9.17, 15) is 5.11 Å². The van der Waals surface area contributed by atoms with Crippen LogP contribution in [0, 0.1) is 0 Å². The average molecular weight is 292 g/mol. The third kappa shape index (κ3) is 3.86. The molecular formula is C11H12BrClO2. The first-order valence-corrected chi connectivity index (χ1v) is 5.61. The molecule has 0 aliphatic heterocycles. The van der Waals surface area contributed by atoms with E-state index in [0.717, 1.165) is 10.0 Å². The number of benzene rings is 1.